The van der Waals surface area contributed by atoms with Crippen LogP contribution in [0.5, 0.6) is 0 Å². The van der Waals surface area contributed by atoms with Crippen molar-refractivity contribution in [1.29, 1.82) is 0 Å². The third-order valence-corrected chi connectivity index (χ3v) is 12.3. The van der Waals surface area contributed by atoms with Gasteiger partial charge in [-0.1, -0.05) is 162 Å². The first-order valence-corrected chi connectivity index (χ1v) is 17.0. The van der Waals surface area contributed by atoms with E-state index in [2.05, 4.69) is 169 Å². The largest absolute Gasteiger partial charge is 1.00 e. The molecule has 0 saturated carbocycles. The highest BCUT2D eigenvalue weighted by Gasteiger charge is 2.71. The Bertz CT molecular complexity index is 1230. The molecule has 0 aromatic heterocycles. The quantitative estimate of drug-likeness (QED) is 0.221. The second kappa shape index (κ2) is 12.6. The molecule has 0 aliphatic carbocycles. The average Bonchev–Trinajstić information content (AvgIpc) is 3.58. The van der Waals surface area contributed by atoms with Crippen molar-refractivity contribution in [2.75, 3.05) is 0 Å². The number of hydrogen-bond donors (Lipinski definition) is 4. The molecule has 1 spiro atoms. The Morgan fingerprint density at radius 3 is 1.02 bits per heavy atom. The van der Waals surface area contributed by atoms with Gasteiger partial charge in [-0.15, -0.1) is 20.3 Å². The van der Waals surface area contributed by atoms with Crippen LogP contribution in [0, 0.1) is 11.8 Å². The molecule has 2 heterocycles. The smallest absolute Gasteiger partial charge is 0.301 e. The number of rotatable bonds is 8. The predicted octanol–water partition coefficient (Wildman–Crippen LogP) is 4.77. The summed E-state index contributed by atoms with van der Waals surface area (Å²) < 4.78 is 0. The predicted molar refractivity (Wildman–Crippen MR) is 173 cm³/mol. The van der Waals surface area contributed by atoms with Gasteiger partial charge >= 0.3 is 7.87 Å². The number of nitrogens with one attached hydrogen (secondary N) is 4. The Labute approximate surface area is 259 Å². The van der Waals surface area contributed by atoms with E-state index in [-0.39, 0.29) is 24.5 Å². The molecule has 6 rings (SSSR count). The molecule has 6 heteroatoms. The fourth-order valence-corrected chi connectivity index (χ4v) is 11.1. The Hall–Kier alpha value is -2.56. The number of hydrogen-bond acceptors (Lipinski definition) is 4. The van der Waals surface area contributed by atoms with E-state index in [9.17, 15) is 0 Å². The molecule has 2 aliphatic rings. The Kier molecular flexibility index (Phi) is 9.25. The van der Waals surface area contributed by atoms with Gasteiger partial charge in [0.15, 0.2) is 0 Å². The second-order valence-corrected chi connectivity index (χ2v) is 14.3. The molecule has 4 aromatic rings. The number of halogens is 1. The molecule has 5 atom stereocenters. The summed E-state index contributed by atoms with van der Waals surface area (Å²) in [4.78, 5) is 0. The van der Waals surface area contributed by atoms with Gasteiger partial charge in [-0.05, 0) is 34.1 Å². The molecule has 2 saturated heterocycles. The second-order valence-electron chi connectivity index (χ2n) is 12.0. The summed E-state index contributed by atoms with van der Waals surface area (Å²) >= 11 is 0. The lowest BCUT2D eigenvalue weighted by atomic mass is 9.73. The Morgan fingerprint density at radius 2 is 0.786 bits per heavy atom. The zero-order chi connectivity index (χ0) is 28.5. The SMILES string of the molecule is CCC(C)[C@H]1N[P+]2(N[C@@H](C(C)CC)C(c3ccccc3)(c3ccccc3)N2)NC1(c1ccccc1)c1ccccc1.[Cl-]. The number of benzene rings is 4. The van der Waals surface area contributed by atoms with E-state index in [1.165, 1.54) is 22.3 Å². The van der Waals surface area contributed by atoms with Crippen molar-refractivity contribution in [2.45, 2.75) is 63.7 Å². The van der Waals surface area contributed by atoms with Crippen molar-refractivity contribution >= 4 is 7.87 Å². The molecular weight excluding hydrogens is 555 g/mol. The molecular formula is C36H44ClN4P. The van der Waals surface area contributed by atoms with Crippen LogP contribution in [-0.4, -0.2) is 12.1 Å². The van der Waals surface area contributed by atoms with Crippen LogP contribution in [0.4, 0.5) is 0 Å². The maximum Gasteiger partial charge on any atom is 0.301 e. The summed E-state index contributed by atoms with van der Waals surface area (Å²) in [6.07, 6.45) is 2.16. The maximum absolute atomic E-state index is 4.36. The standard InChI is InChI=1S/C36H44N4P.ClH/c1-5-27(3)33-35(29-19-11-7-12-20-29,30-21-13-8-14-22-30)39-41(37-33)38-34(28(4)6-2)36(40-41,31-23-15-9-16-24-31)32-25-17-10-18-26-32;/h7-28,33-34,37-40H,5-6H2,1-4H3;1H/q+1;/p-1/t27?,28?,33-,34+,41?;. The van der Waals surface area contributed by atoms with E-state index in [1.54, 1.807) is 0 Å². The van der Waals surface area contributed by atoms with Crippen LogP contribution in [0.2, 0.25) is 0 Å². The lowest BCUT2D eigenvalue weighted by Crippen LogP contribution is -3.00. The van der Waals surface area contributed by atoms with Gasteiger partial charge in [0.05, 0.1) is 12.1 Å². The van der Waals surface area contributed by atoms with Gasteiger partial charge in [0.1, 0.15) is 11.1 Å². The first kappa shape index (κ1) is 30.9. The van der Waals surface area contributed by atoms with Gasteiger partial charge in [-0.2, -0.15) is 0 Å². The highest BCUT2D eigenvalue weighted by molar-refractivity contribution is 7.69. The molecule has 42 heavy (non-hydrogen) atoms. The highest BCUT2D eigenvalue weighted by atomic mass is 35.5. The van der Waals surface area contributed by atoms with Gasteiger partial charge < -0.3 is 12.4 Å². The van der Waals surface area contributed by atoms with Crippen molar-refractivity contribution in [1.82, 2.24) is 20.3 Å². The molecule has 220 valence electrons. The van der Waals surface area contributed by atoms with Crippen LogP contribution in [0.1, 0.15) is 62.8 Å². The van der Waals surface area contributed by atoms with Crippen LogP contribution in [0.25, 0.3) is 0 Å². The average molecular weight is 599 g/mol. The minimum Gasteiger partial charge on any atom is -1.00 e. The highest BCUT2D eigenvalue weighted by Crippen LogP contribution is 2.65. The van der Waals surface area contributed by atoms with E-state index in [0.29, 0.717) is 11.8 Å². The molecule has 4 aromatic carbocycles. The van der Waals surface area contributed by atoms with E-state index >= 15 is 0 Å². The molecule has 0 radical (unpaired) electrons. The van der Waals surface area contributed by atoms with Gasteiger partial charge in [0.2, 0.25) is 0 Å². The minimum atomic E-state index is -2.35. The molecule has 4 nitrogen and oxygen atoms in total. The van der Waals surface area contributed by atoms with Crippen molar-refractivity contribution in [3.8, 4) is 0 Å². The van der Waals surface area contributed by atoms with Crippen LogP contribution in [-0.2, 0) is 11.1 Å². The third-order valence-electron chi connectivity index (χ3n) is 9.63. The minimum absolute atomic E-state index is 0. The lowest BCUT2D eigenvalue weighted by molar-refractivity contribution is -0.00000887. The van der Waals surface area contributed by atoms with E-state index in [1.807, 2.05) is 0 Å². The van der Waals surface area contributed by atoms with Gasteiger partial charge in [-0.3, -0.25) is 0 Å². The van der Waals surface area contributed by atoms with Crippen LogP contribution >= 0.6 is 7.87 Å². The zero-order valence-electron chi connectivity index (χ0n) is 25.1. The Morgan fingerprint density at radius 1 is 0.524 bits per heavy atom. The van der Waals surface area contributed by atoms with Crippen molar-refractivity contribution in [3.63, 3.8) is 0 Å². The lowest BCUT2D eigenvalue weighted by Gasteiger charge is -2.36. The summed E-state index contributed by atoms with van der Waals surface area (Å²) in [5, 5.41) is 17.3. The maximum atomic E-state index is 4.36. The van der Waals surface area contributed by atoms with Gasteiger partial charge in [0.25, 0.3) is 0 Å². The molecule has 0 bridgehead atoms. The fourth-order valence-electron chi connectivity index (χ4n) is 7.17. The first-order valence-electron chi connectivity index (χ1n) is 15.2. The molecule has 2 fully saturated rings. The molecule has 2 aliphatic heterocycles. The van der Waals surface area contributed by atoms with E-state index in [0.717, 1.165) is 12.8 Å². The normalized spacial score (nSPS) is 25.5. The van der Waals surface area contributed by atoms with Gasteiger partial charge in [-0.25, -0.2) is 0 Å². The van der Waals surface area contributed by atoms with Gasteiger partial charge in [0, 0.05) is 0 Å². The van der Waals surface area contributed by atoms with Crippen molar-refractivity contribution in [2.24, 2.45) is 11.8 Å². The van der Waals surface area contributed by atoms with Crippen molar-refractivity contribution < 1.29 is 12.4 Å². The van der Waals surface area contributed by atoms with Crippen LogP contribution in [0.15, 0.2) is 121 Å². The summed E-state index contributed by atoms with van der Waals surface area (Å²) in [5.74, 6) is 0.854. The van der Waals surface area contributed by atoms with E-state index in [4.69, 9.17) is 0 Å². The summed E-state index contributed by atoms with van der Waals surface area (Å²) in [5.41, 5.74) is 4.36. The molecule has 3 unspecified atom stereocenters. The van der Waals surface area contributed by atoms with Crippen LogP contribution < -0.4 is 32.8 Å². The summed E-state index contributed by atoms with van der Waals surface area (Å²) in [7, 11) is -2.35. The molecule has 4 N–H and O–H groups in total. The summed E-state index contributed by atoms with van der Waals surface area (Å²) in [6.45, 7) is 9.41. The first-order chi connectivity index (χ1) is 20.0. The van der Waals surface area contributed by atoms with E-state index < -0.39 is 18.9 Å². The zero-order valence-corrected chi connectivity index (χ0v) is 26.7. The Balaban J connectivity index is 0.00000353. The topological polar surface area (TPSA) is 48.1 Å². The monoisotopic (exact) mass is 598 g/mol. The fraction of sp³-hybridized carbons (Fsp3) is 0.333. The van der Waals surface area contributed by atoms with Crippen molar-refractivity contribution in [3.05, 3.63) is 144 Å². The third kappa shape index (κ3) is 5.03. The van der Waals surface area contributed by atoms with Crippen LogP contribution in [0.3, 0.4) is 0 Å². The molecule has 0 amide bonds. The summed E-state index contributed by atoms with van der Waals surface area (Å²) in [6, 6.07) is 44.6.